The number of nitro benzene ring substituents is 1. The van der Waals surface area contributed by atoms with Gasteiger partial charge in [-0.3, -0.25) is 34.2 Å². The van der Waals surface area contributed by atoms with Gasteiger partial charge in [0.05, 0.1) is 39.5 Å². The molecular formula is C39H27ClF3N3O8. The minimum absolute atomic E-state index is 0.0176. The van der Waals surface area contributed by atoms with Crippen LogP contribution in [0.25, 0.3) is 0 Å². The molecule has 8 rings (SSSR count). The topological polar surface area (TPSA) is 147 Å². The molecule has 1 saturated carbocycles. The van der Waals surface area contributed by atoms with Crippen molar-refractivity contribution in [2.75, 3.05) is 9.80 Å². The molecule has 0 radical (unpaired) electrons. The van der Waals surface area contributed by atoms with Crippen molar-refractivity contribution in [2.24, 2.45) is 23.7 Å². The van der Waals surface area contributed by atoms with E-state index in [0.29, 0.717) is 11.1 Å². The van der Waals surface area contributed by atoms with Gasteiger partial charge in [0.1, 0.15) is 11.5 Å². The summed E-state index contributed by atoms with van der Waals surface area (Å²) in [5, 5.41) is 23.0. The average molecular weight is 758 g/mol. The lowest BCUT2D eigenvalue weighted by atomic mass is 9.49. The lowest BCUT2D eigenvalue weighted by Crippen LogP contribution is -2.53. The number of nitrogens with zero attached hydrogens (tertiary/aromatic N) is 3. The Morgan fingerprint density at radius 1 is 0.833 bits per heavy atom. The second kappa shape index (κ2) is 12.5. The summed E-state index contributed by atoms with van der Waals surface area (Å²) < 4.78 is 45.0. The standard InChI is InChI=1S/C39H27ClF3N3O8/c40-21-7-4-8-24(17-21)45-35(49)30-19-28-26(14-15-27-32(28)36(50)44(34(27)48)22-9-11-23(12-10-22)46(52)53)33(38(30,37(45)51)20-5-2-1-3-6-20)29-18-25(13-16-31(29)47)54-39(41,42)43/h1-14,16-18,27-28,30,32-33,47H,15,19H2/t27-,28+,30-,32-,33+,38+/m0/s1. The minimum Gasteiger partial charge on any atom is -0.508 e. The summed E-state index contributed by atoms with van der Waals surface area (Å²) in [7, 11) is 0. The zero-order valence-electron chi connectivity index (χ0n) is 27.8. The lowest BCUT2D eigenvalue weighted by Gasteiger charge is -2.50. The first kappa shape index (κ1) is 35.0. The van der Waals surface area contributed by atoms with Crippen molar-refractivity contribution < 1.29 is 47.1 Å². The van der Waals surface area contributed by atoms with E-state index >= 15 is 4.79 Å². The molecule has 15 heteroatoms. The SMILES string of the molecule is O=C1[C@H]2[C@H](CC=C3[C@H]2C[C@H]2C(=O)N(c4cccc(Cl)c4)C(=O)[C@@]2(c2ccccc2)[C@H]3c2cc(OC(F)(F)F)ccc2O)C(=O)N1c1ccc([N+](=O)[O-])cc1. The molecule has 274 valence electrons. The van der Waals surface area contributed by atoms with Crippen LogP contribution >= 0.6 is 11.6 Å². The number of carbonyl (C=O) groups excluding carboxylic acids is 4. The van der Waals surface area contributed by atoms with Crippen molar-refractivity contribution in [3.05, 3.63) is 135 Å². The summed E-state index contributed by atoms with van der Waals surface area (Å²) in [6, 6.07) is 22.1. The molecule has 2 saturated heterocycles. The van der Waals surface area contributed by atoms with Gasteiger partial charge in [-0.25, -0.2) is 4.90 Å². The molecule has 6 atom stereocenters. The molecule has 11 nitrogen and oxygen atoms in total. The summed E-state index contributed by atoms with van der Waals surface area (Å²) in [6.45, 7) is 0. The number of halogens is 4. The van der Waals surface area contributed by atoms with Gasteiger partial charge in [0, 0.05) is 28.6 Å². The van der Waals surface area contributed by atoms with Crippen LogP contribution in [0.2, 0.25) is 5.02 Å². The third-order valence-corrected chi connectivity index (χ3v) is 11.3. The number of rotatable bonds is 6. The molecule has 4 aromatic carbocycles. The van der Waals surface area contributed by atoms with Crippen LogP contribution in [-0.2, 0) is 24.6 Å². The quantitative estimate of drug-likeness (QED) is 0.0939. The number of amides is 4. The van der Waals surface area contributed by atoms with Gasteiger partial charge < -0.3 is 9.84 Å². The number of anilines is 2. The van der Waals surface area contributed by atoms with Crippen molar-refractivity contribution in [3.8, 4) is 11.5 Å². The Hall–Kier alpha value is -6.02. The number of hydrogen-bond donors (Lipinski definition) is 1. The number of alkyl halides is 3. The van der Waals surface area contributed by atoms with Crippen molar-refractivity contribution in [3.63, 3.8) is 0 Å². The second-order valence-electron chi connectivity index (χ2n) is 13.6. The highest BCUT2D eigenvalue weighted by Crippen LogP contribution is 2.65. The van der Waals surface area contributed by atoms with Crippen molar-refractivity contribution in [1.29, 1.82) is 0 Å². The predicted octanol–water partition coefficient (Wildman–Crippen LogP) is 7.22. The molecule has 2 aliphatic carbocycles. The monoisotopic (exact) mass is 757 g/mol. The van der Waals surface area contributed by atoms with Crippen LogP contribution in [0, 0.1) is 33.8 Å². The van der Waals surface area contributed by atoms with Gasteiger partial charge in [-0.15, -0.1) is 13.2 Å². The molecular weight excluding hydrogens is 731 g/mol. The molecule has 3 fully saturated rings. The maximum Gasteiger partial charge on any atom is 0.573 e. The smallest absolute Gasteiger partial charge is 0.508 e. The fourth-order valence-corrected chi connectivity index (χ4v) is 9.21. The Kier molecular flexibility index (Phi) is 8.14. The largest absolute Gasteiger partial charge is 0.573 e. The van der Waals surface area contributed by atoms with Crippen LogP contribution in [0.5, 0.6) is 11.5 Å². The number of fused-ring (bicyclic) bond motifs is 4. The predicted molar refractivity (Wildman–Crippen MR) is 186 cm³/mol. The van der Waals surface area contributed by atoms with E-state index in [1.165, 1.54) is 36.4 Å². The van der Waals surface area contributed by atoms with E-state index in [-0.39, 0.29) is 40.5 Å². The molecule has 1 N–H and O–H groups in total. The van der Waals surface area contributed by atoms with Gasteiger partial charge in [0.15, 0.2) is 0 Å². The second-order valence-corrected chi connectivity index (χ2v) is 14.1. The third-order valence-electron chi connectivity index (χ3n) is 11.0. The molecule has 54 heavy (non-hydrogen) atoms. The van der Waals surface area contributed by atoms with Crippen LogP contribution in [0.4, 0.5) is 30.2 Å². The van der Waals surface area contributed by atoms with Crippen LogP contribution < -0.4 is 14.5 Å². The van der Waals surface area contributed by atoms with Gasteiger partial charge in [0.25, 0.3) is 5.69 Å². The first-order chi connectivity index (χ1) is 25.7. The number of ether oxygens (including phenoxy) is 1. The maximum absolute atomic E-state index is 15.3. The van der Waals surface area contributed by atoms with E-state index in [0.717, 1.165) is 28.0 Å². The number of allylic oxidation sites excluding steroid dienone is 2. The molecule has 4 aromatic rings. The molecule has 0 bridgehead atoms. The van der Waals surface area contributed by atoms with E-state index in [1.54, 1.807) is 48.5 Å². The molecule has 0 spiro atoms. The highest BCUT2D eigenvalue weighted by molar-refractivity contribution is 6.32. The van der Waals surface area contributed by atoms with Gasteiger partial charge in [0.2, 0.25) is 23.6 Å². The zero-order valence-corrected chi connectivity index (χ0v) is 28.5. The van der Waals surface area contributed by atoms with Crippen molar-refractivity contribution in [2.45, 2.75) is 30.5 Å². The van der Waals surface area contributed by atoms with Gasteiger partial charge in [-0.2, -0.15) is 0 Å². The van der Waals surface area contributed by atoms with Gasteiger partial charge in [-0.05, 0) is 72.9 Å². The highest BCUT2D eigenvalue weighted by Gasteiger charge is 2.70. The minimum atomic E-state index is -5.11. The number of nitro groups is 1. The van der Waals surface area contributed by atoms with E-state index in [9.17, 15) is 42.8 Å². The Morgan fingerprint density at radius 2 is 1.56 bits per heavy atom. The molecule has 0 unspecified atom stereocenters. The summed E-state index contributed by atoms with van der Waals surface area (Å²) in [6.07, 6.45) is -3.57. The number of aromatic hydroxyl groups is 1. The highest BCUT2D eigenvalue weighted by atomic mass is 35.5. The fourth-order valence-electron chi connectivity index (χ4n) is 9.03. The summed E-state index contributed by atoms with van der Waals surface area (Å²) in [4.78, 5) is 71.1. The van der Waals surface area contributed by atoms with E-state index in [4.69, 9.17) is 11.6 Å². The summed E-state index contributed by atoms with van der Waals surface area (Å²) in [5.41, 5.74) is -1.30. The third kappa shape index (κ3) is 5.26. The Labute approximate surface area is 309 Å². The molecule has 4 amide bonds. The van der Waals surface area contributed by atoms with Crippen LogP contribution in [0.3, 0.4) is 0 Å². The average Bonchev–Trinajstić information content (AvgIpc) is 3.53. The molecule has 2 heterocycles. The van der Waals surface area contributed by atoms with E-state index in [1.807, 2.05) is 0 Å². The zero-order chi connectivity index (χ0) is 38.3. The normalized spacial score (nSPS) is 26.3. The number of imide groups is 2. The molecule has 2 aliphatic heterocycles. The lowest BCUT2D eigenvalue weighted by molar-refractivity contribution is -0.384. The van der Waals surface area contributed by atoms with E-state index in [2.05, 4.69) is 4.74 Å². The maximum atomic E-state index is 15.3. The molecule has 4 aliphatic rings. The van der Waals surface area contributed by atoms with E-state index < -0.39 is 81.4 Å². The van der Waals surface area contributed by atoms with Gasteiger partial charge >= 0.3 is 6.36 Å². The number of benzene rings is 4. The van der Waals surface area contributed by atoms with Crippen LogP contribution in [-0.4, -0.2) is 40.0 Å². The van der Waals surface area contributed by atoms with Crippen molar-refractivity contribution >= 4 is 52.3 Å². The Balaban J connectivity index is 1.35. The number of phenols is 1. The van der Waals surface area contributed by atoms with Crippen molar-refractivity contribution in [1.82, 2.24) is 0 Å². The Bertz CT molecular complexity index is 2300. The Morgan fingerprint density at radius 3 is 2.22 bits per heavy atom. The summed E-state index contributed by atoms with van der Waals surface area (Å²) in [5.74, 6) is -9.26. The number of hydrogen-bond acceptors (Lipinski definition) is 8. The number of carbonyl (C=O) groups is 4. The summed E-state index contributed by atoms with van der Waals surface area (Å²) >= 11 is 6.31. The fraction of sp³-hybridized carbons (Fsp3) is 0.231. The molecule has 0 aromatic heterocycles. The number of phenolic OH excluding ortho intramolecular Hbond substituents is 1. The first-order valence-corrected chi connectivity index (χ1v) is 17.2. The first-order valence-electron chi connectivity index (χ1n) is 16.8. The number of non-ortho nitro benzene ring substituents is 1. The van der Waals surface area contributed by atoms with Crippen LogP contribution in [0.15, 0.2) is 109 Å². The van der Waals surface area contributed by atoms with Crippen LogP contribution in [0.1, 0.15) is 29.9 Å². The van der Waals surface area contributed by atoms with Gasteiger partial charge in [-0.1, -0.05) is 59.6 Å².